The number of halogens is 2. The molecule has 0 N–H and O–H groups in total. The normalized spacial score (nSPS) is 9.54. The lowest BCUT2D eigenvalue weighted by Crippen LogP contribution is -1.99. The van der Waals surface area contributed by atoms with Crippen LogP contribution in [0.4, 0.5) is 0 Å². The molecule has 0 spiro atoms. The van der Waals surface area contributed by atoms with Gasteiger partial charge in [-0.15, -0.1) is 0 Å². The summed E-state index contributed by atoms with van der Waals surface area (Å²) in [4.78, 5) is 0. The van der Waals surface area contributed by atoms with Crippen LogP contribution in [0.25, 0.3) is 6.08 Å². The Morgan fingerprint density at radius 1 is 1.12 bits per heavy atom. The number of hydrogen-bond acceptors (Lipinski definition) is 4. The van der Waals surface area contributed by atoms with E-state index in [-0.39, 0.29) is 5.57 Å². The lowest BCUT2D eigenvalue weighted by Gasteiger charge is -2.13. The Bertz CT molecular complexity index is 831. The standard InChI is InChI=1S/C18H12Cl2N2O2/c1-23-17-8-13(6-14(9-21)10-22)7-16(20)18(17)24-11-12-2-4-15(19)5-3-12/h2-8H,11H2,1H3. The van der Waals surface area contributed by atoms with E-state index in [9.17, 15) is 0 Å². The zero-order valence-electron chi connectivity index (χ0n) is 12.7. The maximum Gasteiger partial charge on any atom is 0.180 e. The first kappa shape index (κ1) is 17.7. The quantitative estimate of drug-likeness (QED) is 0.704. The summed E-state index contributed by atoms with van der Waals surface area (Å²) in [5.41, 5.74) is 1.48. The molecule has 0 saturated carbocycles. The summed E-state index contributed by atoms with van der Waals surface area (Å²) in [6.07, 6.45) is 1.43. The first-order chi connectivity index (χ1) is 11.6. The Balaban J connectivity index is 2.27. The molecule has 0 atom stereocenters. The van der Waals surface area contributed by atoms with Crippen LogP contribution in [0.3, 0.4) is 0 Å². The summed E-state index contributed by atoms with van der Waals surface area (Å²) in [5.74, 6) is 0.805. The first-order valence-corrected chi connectivity index (χ1v) is 7.59. The summed E-state index contributed by atoms with van der Waals surface area (Å²) >= 11 is 12.1. The van der Waals surface area contributed by atoms with Crippen molar-refractivity contribution in [1.82, 2.24) is 0 Å². The van der Waals surface area contributed by atoms with Gasteiger partial charge in [-0.05, 0) is 41.5 Å². The second-order valence-electron chi connectivity index (χ2n) is 4.73. The molecule has 0 aliphatic heterocycles. The molecule has 0 fully saturated rings. The van der Waals surface area contributed by atoms with Crippen LogP contribution in [0.1, 0.15) is 11.1 Å². The number of nitriles is 2. The van der Waals surface area contributed by atoms with E-state index in [0.29, 0.717) is 33.7 Å². The monoisotopic (exact) mass is 358 g/mol. The molecule has 2 rings (SSSR count). The zero-order valence-corrected chi connectivity index (χ0v) is 14.2. The SMILES string of the molecule is COc1cc(C=C(C#N)C#N)cc(Cl)c1OCc1ccc(Cl)cc1. The summed E-state index contributed by atoms with van der Waals surface area (Å²) in [7, 11) is 1.49. The lowest BCUT2D eigenvalue weighted by molar-refractivity contribution is 0.284. The second-order valence-corrected chi connectivity index (χ2v) is 5.57. The van der Waals surface area contributed by atoms with Gasteiger partial charge in [0.1, 0.15) is 24.3 Å². The van der Waals surface area contributed by atoms with Gasteiger partial charge in [0.2, 0.25) is 0 Å². The highest BCUT2D eigenvalue weighted by Crippen LogP contribution is 2.37. The predicted octanol–water partition coefficient (Wildman–Crippen LogP) is 5.01. The fourth-order valence-electron chi connectivity index (χ4n) is 1.96. The molecule has 0 heterocycles. The zero-order chi connectivity index (χ0) is 17.5. The smallest absolute Gasteiger partial charge is 0.180 e. The van der Waals surface area contributed by atoms with E-state index in [1.165, 1.54) is 13.2 Å². The molecule has 4 nitrogen and oxygen atoms in total. The van der Waals surface area contributed by atoms with Crippen molar-refractivity contribution in [3.63, 3.8) is 0 Å². The van der Waals surface area contributed by atoms with E-state index in [2.05, 4.69) is 0 Å². The average Bonchev–Trinajstić information content (AvgIpc) is 2.59. The van der Waals surface area contributed by atoms with Crippen LogP contribution in [0.5, 0.6) is 11.5 Å². The molecule has 2 aromatic rings. The van der Waals surface area contributed by atoms with Gasteiger partial charge in [0.15, 0.2) is 11.5 Å². The fraction of sp³-hybridized carbons (Fsp3) is 0.111. The van der Waals surface area contributed by atoms with Crippen molar-refractivity contribution in [3.05, 3.63) is 63.1 Å². The third-order valence-corrected chi connectivity index (χ3v) is 3.63. The van der Waals surface area contributed by atoms with Crippen LogP contribution in [0.15, 0.2) is 42.0 Å². The molecule has 2 aromatic carbocycles. The Labute approximate surface area is 150 Å². The van der Waals surface area contributed by atoms with Gasteiger partial charge in [0, 0.05) is 5.02 Å². The molecule has 0 unspecified atom stereocenters. The molecular weight excluding hydrogens is 347 g/mol. The van der Waals surface area contributed by atoms with E-state index in [1.807, 2.05) is 12.1 Å². The van der Waals surface area contributed by atoms with Gasteiger partial charge in [-0.2, -0.15) is 10.5 Å². The number of nitrogens with zero attached hydrogens (tertiary/aromatic N) is 2. The molecular formula is C18H12Cl2N2O2. The minimum absolute atomic E-state index is 0.0250. The van der Waals surface area contributed by atoms with Crippen LogP contribution in [0.2, 0.25) is 10.0 Å². The van der Waals surface area contributed by atoms with E-state index in [0.717, 1.165) is 5.56 Å². The molecule has 0 bridgehead atoms. The second kappa shape index (κ2) is 8.26. The Morgan fingerprint density at radius 2 is 1.79 bits per heavy atom. The summed E-state index contributed by atoms with van der Waals surface area (Å²) in [5, 5.41) is 18.6. The van der Waals surface area contributed by atoms with Crippen molar-refractivity contribution in [1.29, 1.82) is 10.5 Å². The molecule has 0 radical (unpaired) electrons. The highest BCUT2D eigenvalue weighted by atomic mass is 35.5. The van der Waals surface area contributed by atoms with Crippen molar-refractivity contribution < 1.29 is 9.47 Å². The van der Waals surface area contributed by atoms with Gasteiger partial charge in [-0.25, -0.2) is 0 Å². The van der Waals surface area contributed by atoms with Crippen LogP contribution >= 0.6 is 23.2 Å². The van der Waals surface area contributed by atoms with Gasteiger partial charge < -0.3 is 9.47 Å². The molecule has 120 valence electrons. The van der Waals surface area contributed by atoms with Crippen LogP contribution in [-0.4, -0.2) is 7.11 Å². The summed E-state index contributed by atoms with van der Waals surface area (Å²) in [6, 6.07) is 14.1. The van der Waals surface area contributed by atoms with Gasteiger partial charge in [-0.1, -0.05) is 35.3 Å². The Hall–Kier alpha value is -2.66. The number of allylic oxidation sites excluding steroid dienone is 1. The minimum Gasteiger partial charge on any atom is -0.493 e. The number of rotatable bonds is 5. The summed E-state index contributed by atoms with van der Waals surface area (Å²) < 4.78 is 11.0. The third-order valence-electron chi connectivity index (χ3n) is 3.10. The molecule has 0 amide bonds. The summed E-state index contributed by atoms with van der Waals surface area (Å²) in [6.45, 7) is 0.296. The van der Waals surface area contributed by atoms with Crippen LogP contribution in [0, 0.1) is 22.7 Å². The molecule has 24 heavy (non-hydrogen) atoms. The lowest BCUT2D eigenvalue weighted by atomic mass is 10.1. The van der Waals surface area contributed by atoms with Crippen molar-refractivity contribution in [2.45, 2.75) is 6.61 Å². The van der Waals surface area contributed by atoms with Crippen LogP contribution < -0.4 is 9.47 Å². The molecule has 0 saturated heterocycles. The van der Waals surface area contributed by atoms with Gasteiger partial charge in [0.25, 0.3) is 0 Å². The van der Waals surface area contributed by atoms with Crippen molar-refractivity contribution in [2.75, 3.05) is 7.11 Å². The number of hydrogen-bond donors (Lipinski definition) is 0. The van der Waals surface area contributed by atoms with Crippen molar-refractivity contribution in [2.24, 2.45) is 0 Å². The maximum atomic E-state index is 8.83. The third kappa shape index (κ3) is 4.43. The minimum atomic E-state index is -0.0250. The predicted molar refractivity (Wildman–Crippen MR) is 93.0 cm³/mol. The van der Waals surface area contributed by atoms with Crippen molar-refractivity contribution in [3.8, 4) is 23.6 Å². The van der Waals surface area contributed by atoms with E-state index >= 15 is 0 Å². The van der Waals surface area contributed by atoms with E-state index < -0.39 is 0 Å². The van der Waals surface area contributed by atoms with E-state index in [4.69, 9.17) is 43.2 Å². The van der Waals surface area contributed by atoms with Crippen LogP contribution in [-0.2, 0) is 6.61 Å². The fourth-order valence-corrected chi connectivity index (χ4v) is 2.36. The van der Waals surface area contributed by atoms with Gasteiger partial charge >= 0.3 is 0 Å². The highest BCUT2D eigenvalue weighted by Gasteiger charge is 2.12. The van der Waals surface area contributed by atoms with E-state index in [1.54, 1.807) is 36.4 Å². The molecule has 0 aromatic heterocycles. The number of benzene rings is 2. The maximum absolute atomic E-state index is 8.83. The van der Waals surface area contributed by atoms with Gasteiger partial charge in [0.05, 0.1) is 12.1 Å². The number of methoxy groups -OCH3 is 1. The largest absolute Gasteiger partial charge is 0.493 e. The average molecular weight is 359 g/mol. The Morgan fingerprint density at radius 3 is 2.38 bits per heavy atom. The first-order valence-electron chi connectivity index (χ1n) is 6.84. The molecule has 0 aliphatic carbocycles. The number of ether oxygens (including phenoxy) is 2. The highest BCUT2D eigenvalue weighted by molar-refractivity contribution is 6.32. The van der Waals surface area contributed by atoms with Gasteiger partial charge in [-0.3, -0.25) is 0 Å². The molecule has 6 heteroatoms. The molecule has 0 aliphatic rings. The topological polar surface area (TPSA) is 66.0 Å². The Kier molecular flexibility index (Phi) is 6.09. The van der Waals surface area contributed by atoms with Crippen molar-refractivity contribution >= 4 is 29.3 Å².